The number of hydrogen-bond acceptors (Lipinski definition) is 2. The summed E-state index contributed by atoms with van der Waals surface area (Å²) in [4.78, 5) is 4.23. The molecular weight excluding hydrogens is 389 g/mol. The van der Waals surface area contributed by atoms with Gasteiger partial charge in [0.1, 0.15) is 0 Å². The van der Waals surface area contributed by atoms with Crippen molar-refractivity contribution in [1.29, 1.82) is 0 Å². The lowest BCUT2D eigenvalue weighted by Crippen LogP contribution is -2.41. The standard InChI is InChI=1S/C16H23N5.HI/c1-4-13(2)20-16(17-3)18-12-14-6-8-15(9-7-14)21-11-5-10-19-21;/h5-11,13H,4,12H2,1-3H3,(H2,17,18,20);1H. The van der Waals surface area contributed by atoms with Gasteiger partial charge in [0.25, 0.3) is 0 Å². The highest BCUT2D eigenvalue weighted by Crippen LogP contribution is 2.08. The molecule has 0 fully saturated rings. The Hall–Kier alpha value is -1.57. The summed E-state index contributed by atoms with van der Waals surface area (Å²) < 4.78 is 1.85. The second-order valence-corrected chi connectivity index (χ2v) is 5.00. The van der Waals surface area contributed by atoms with Crippen molar-refractivity contribution in [2.45, 2.75) is 32.9 Å². The summed E-state index contributed by atoms with van der Waals surface area (Å²) in [5, 5.41) is 10.9. The Morgan fingerprint density at radius 3 is 2.59 bits per heavy atom. The van der Waals surface area contributed by atoms with Gasteiger partial charge in [0, 0.05) is 32.0 Å². The van der Waals surface area contributed by atoms with Crippen LogP contribution in [0.2, 0.25) is 0 Å². The van der Waals surface area contributed by atoms with Crippen LogP contribution in [-0.4, -0.2) is 28.8 Å². The molecule has 2 rings (SSSR count). The summed E-state index contributed by atoms with van der Waals surface area (Å²) in [6.07, 6.45) is 4.78. The Morgan fingerprint density at radius 1 is 1.32 bits per heavy atom. The Kier molecular flexibility index (Phi) is 7.94. The largest absolute Gasteiger partial charge is 0.354 e. The van der Waals surface area contributed by atoms with Crippen molar-refractivity contribution in [3.8, 4) is 5.69 Å². The van der Waals surface area contributed by atoms with Gasteiger partial charge >= 0.3 is 0 Å². The molecule has 0 spiro atoms. The zero-order chi connectivity index (χ0) is 15.1. The Labute approximate surface area is 149 Å². The molecule has 0 aliphatic carbocycles. The van der Waals surface area contributed by atoms with E-state index in [1.807, 2.05) is 16.9 Å². The first-order valence-electron chi connectivity index (χ1n) is 7.29. The van der Waals surface area contributed by atoms with Gasteiger partial charge < -0.3 is 10.6 Å². The number of nitrogens with zero attached hydrogens (tertiary/aromatic N) is 3. The number of halogens is 1. The molecule has 120 valence electrons. The number of nitrogens with one attached hydrogen (secondary N) is 2. The number of aliphatic imine (C=N–C) groups is 1. The van der Waals surface area contributed by atoms with E-state index in [-0.39, 0.29) is 24.0 Å². The predicted molar refractivity (Wildman–Crippen MR) is 102 cm³/mol. The lowest BCUT2D eigenvalue weighted by molar-refractivity contribution is 0.624. The van der Waals surface area contributed by atoms with Crippen LogP contribution >= 0.6 is 24.0 Å². The second-order valence-electron chi connectivity index (χ2n) is 5.00. The first-order chi connectivity index (χ1) is 10.2. The molecule has 1 atom stereocenters. The third-order valence-electron chi connectivity index (χ3n) is 3.38. The van der Waals surface area contributed by atoms with E-state index < -0.39 is 0 Å². The molecule has 2 aromatic rings. The molecule has 0 bridgehead atoms. The van der Waals surface area contributed by atoms with Crippen LogP contribution in [0.15, 0.2) is 47.7 Å². The number of hydrogen-bond donors (Lipinski definition) is 2. The summed E-state index contributed by atoms with van der Waals surface area (Å²) in [5.41, 5.74) is 2.27. The Bertz CT molecular complexity index is 563. The monoisotopic (exact) mass is 413 g/mol. The molecule has 1 heterocycles. The number of benzene rings is 1. The van der Waals surface area contributed by atoms with Crippen LogP contribution in [0.25, 0.3) is 5.69 Å². The number of guanidine groups is 1. The molecule has 0 saturated heterocycles. The van der Waals surface area contributed by atoms with Crippen LogP contribution in [0.3, 0.4) is 0 Å². The minimum absolute atomic E-state index is 0. The summed E-state index contributed by atoms with van der Waals surface area (Å²) >= 11 is 0. The Balaban J connectivity index is 0.00000242. The molecule has 0 saturated carbocycles. The highest BCUT2D eigenvalue weighted by atomic mass is 127. The molecule has 5 nitrogen and oxygen atoms in total. The van der Waals surface area contributed by atoms with Gasteiger partial charge in [0.15, 0.2) is 5.96 Å². The lowest BCUT2D eigenvalue weighted by atomic mass is 10.2. The van der Waals surface area contributed by atoms with Crippen molar-refractivity contribution in [1.82, 2.24) is 20.4 Å². The fourth-order valence-corrected chi connectivity index (χ4v) is 1.90. The second kappa shape index (κ2) is 9.45. The molecular formula is C16H24IN5. The van der Waals surface area contributed by atoms with Crippen molar-refractivity contribution in [2.24, 2.45) is 4.99 Å². The van der Waals surface area contributed by atoms with E-state index in [1.54, 1.807) is 13.2 Å². The molecule has 1 aromatic carbocycles. The summed E-state index contributed by atoms with van der Waals surface area (Å²) in [5.74, 6) is 0.834. The van der Waals surface area contributed by atoms with E-state index in [1.165, 1.54) is 5.56 Å². The molecule has 22 heavy (non-hydrogen) atoms. The molecule has 6 heteroatoms. The van der Waals surface area contributed by atoms with E-state index in [0.717, 1.165) is 24.6 Å². The highest BCUT2D eigenvalue weighted by molar-refractivity contribution is 14.0. The third kappa shape index (κ3) is 5.32. The molecule has 2 N–H and O–H groups in total. The molecule has 0 aliphatic rings. The molecule has 1 aromatic heterocycles. The van der Waals surface area contributed by atoms with Crippen molar-refractivity contribution in [2.75, 3.05) is 7.05 Å². The zero-order valence-corrected chi connectivity index (χ0v) is 15.6. The number of rotatable bonds is 5. The summed E-state index contributed by atoms with van der Waals surface area (Å²) in [6, 6.07) is 10.7. The fourth-order valence-electron chi connectivity index (χ4n) is 1.90. The fraction of sp³-hybridized carbons (Fsp3) is 0.375. The summed E-state index contributed by atoms with van der Waals surface area (Å²) in [7, 11) is 1.79. The van der Waals surface area contributed by atoms with Crippen molar-refractivity contribution in [3.63, 3.8) is 0 Å². The van der Waals surface area contributed by atoms with Gasteiger partial charge in [-0.15, -0.1) is 24.0 Å². The maximum atomic E-state index is 4.23. The van der Waals surface area contributed by atoms with E-state index in [2.05, 4.69) is 58.8 Å². The van der Waals surface area contributed by atoms with Crippen LogP contribution in [0.4, 0.5) is 0 Å². The van der Waals surface area contributed by atoms with Crippen molar-refractivity contribution < 1.29 is 0 Å². The first kappa shape index (κ1) is 18.5. The summed E-state index contributed by atoms with van der Waals surface area (Å²) in [6.45, 7) is 5.04. The van der Waals surface area contributed by atoms with E-state index in [0.29, 0.717) is 6.04 Å². The van der Waals surface area contributed by atoms with Crippen LogP contribution in [0.1, 0.15) is 25.8 Å². The maximum absolute atomic E-state index is 4.23. The first-order valence-corrected chi connectivity index (χ1v) is 7.29. The van der Waals surface area contributed by atoms with Crippen LogP contribution < -0.4 is 10.6 Å². The van der Waals surface area contributed by atoms with E-state index >= 15 is 0 Å². The highest BCUT2D eigenvalue weighted by Gasteiger charge is 2.03. The van der Waals surface area contributed by atoms with Crippen molar-refractivity contribution in [3.05, 3.63) is 48.3 Å². The lowest BCUT2D eigenvalue weighted by Gasteiger charge is -2.16. The van der Waals surface area contributed by atoms with E-state index in [4.69, 9.17) is 0 Å². The number of aromatic nitrogens is 2. The van der Waals surface area contributed by atoms with Crippen LogP contribution in [0.5, 0.6) is 0 Å². The normalized spacial score (nSPS) is 12.4. The van der Waals surface area contributed by atoms with Crippen molar-refractivity contribution >= 4 is 29.9 Å². The van der Waals surface area contributed by atoms with Gasteiger partial charge in [-0.2, -0.15) is 5.10 Å². The topological polar surface area (TPSA) is 54.2 Å². The third-order valence-corrected chi connectivity index (χ3v) is 3.38. The predicted octanol–water partition coefficient (Wildman–Crippen LogP) is 2.95. The van der Waals surface area contributed by atoms with E-state index in [9.17, 15) is 0 Å². The molecule has 0 aliphatic heterocycles. The molecule has 0 radical (unpaired) electrons. The van der Waals surface area contributed by atoms with Gasteiger partial charge in [-0.1, -0.05) is 19.1 Å². The van der Waals surface area contributed by atoms with Gasteiger partial charge in [0.05, 0.1) is 5.69 Å². The maximum Gasteiger partial charge on any atom is 0.191 e. The Morgan fingerprint density at radius 2 is 2.05 bits per heavy atom. The van der Waals surface area contributed by atoms with Gasteiger partial charge in [0.2, 0.25) is 0 Å². The zero-order valence-electron chi connectivity index (χ0n) is 13.3. The average molecular weight is 413 g/mol. The van der Waals surface area contributed by atoms with Gasteiger partial charge in [-0.3, -0.25) is 4.99 Å². The minimum atomic E-state index is 0. The molecule has 0 amide bonds. The molecule has 1 unspecified atom stereocenters. The van der Waals surface area contributed by atoms with Crippen LogP contribution in [-0.2, 0) is 6.54 Å². The van der Waals surface area contributed by atoms with Gasteiger partial charge in [-0.05, 0) is 37.1 Å². The quantitative estimate of drug-likeness (QED) is 0.450. The van der Waals surface area contributed by atoms with Crippen LogP contribution in [0, 0.1) is 0 Å². The average Bonchev–Trinajstić information content (AvgIpc) is 3.06. The van der Waals surface area contributed by atoms with Gasteiger partial charge in [-0.25, -0.2) is 4.68 Å². The minimum Gasteiger partial charge on any atom is -0.354 e. The SMILES string of the molecule is CCC(C)NC(=NC)NCc1ccc(-n2cccn2)cc1.I. The smallest absolute Gasteiger partial charge is 0.191 e.